The van der Waals surface area contributed by atoms with Crippen molar-refractivity contribution >= 4 is 16.0 Å². The van der Waals surface area contributed by atoms with Crippen molar-refractivity contribution < 1.29 is 9.00 Å². The molecule has 0 spiro atoms. The zero-order valence-electron chi connectivity index (χ0n) is 7.41. The molecule has 3 nitrogen and oxygen atoms in total. The number of rotatable bonds is 1. The molecule has 1 rings (SSSR count). The lowest BCUT2D eigenvalue weighted by Gasteiger charge is -2.25. The van der Waals surface area contributed by atoms with Crippen molar-refractivity contribution in [3.05, 3.63) is 0 Å². The van der Waals surface area contributed by atoms with E-state index >= 15 is 0 Å². The van der Waals surface area contributed by atoms with Gasteiger partial charge in [0, 0.05) is 18.8 Å². The van der Waals surface area contributed by atoms with E-state index in [4.69, 9.17) is 0 Å². The van der Waals surface area contributed by atoms with Crippen LogP contribution in [0.5, 0.6) is 0 Å². The van der Waals surface area contributed by atoms with Gasteiger partial charge in [-0.1, -0.05) is 6.92 Å². The number of carbonyl (C=O) groups is 1. The maximum absolute atomic E-state index is 11.4. The number of amides is 1. The first-order valence-electron chi connectivity index (χ1n) is 4.43. The highest BCUT2D eigenvalue weighted by atomic mass is 32.2. The molecule has 1 heterocycles. The van der Waals surface area contributed by atoms with Crippen LogP contribution in [0.15, 0.2) is 0 Å². The second-order valence-corrected chi connectivity index (χ2v) is 4.57. The standard InChI is InChI=1S/C8H15NO2S/c1-2-12(11)8(10)9-6-4-3-5-7-9/h2-7H2,1H3. The van der Waals surface area contributed by atoms with Gasteiger partial charge < -0.3 is 4.90 Å². The fourth-order valence-electron chi connectivity index (χ4n) is 1.34. The van der Waals surface area contributed by atoms with E-state index in [1.807, 2.05) is 0 Å². The molecular weight excluding hydrogens is 174 g/mol. The summed E-state index contributed by atoms with van der Waals surface area (Å²) in [6.07, 6.45) is 3.32. The second kappa shape index (κ2) is 4.60. The third kappa shape index (κ3) is 2.30. The Labute approximate surface area is 75.6 Å². The third-order valence-electron chi connectivity index (χ3n) is 2.07. The Morgan fingerprint density at radius 1 is 1.33 bits per heavy atom. The molecule has 1 atom stereocenters. The molecule has 4 heteroatoms. The summed E-state index contributed by atoms with van der Waals surface area (Å²) >= 11 is 0. The van der Waals surface area contributed by atoms with Crippen molar-refractivity contribution in [3.63, 3.8) is 0 Å². The highest BCUT2D eigenvalue weighted by molar-refractivity contribution is 8.00. The largest absolute Gasteiger partial charge is 0.332 e. The Balaban J connectivity index is 2.45. The second-order valence-electron chi connectivity index (χ2n) is 2.95. The van der Waals surface area contributed by atoms with E-state index in [0.717, 1.165) is 25.9 Å². The number of hydrogen-bond acceptors (Lipinski definition) is 2. The molecule has 1 amide bonds. The smallest absolute Gasteiger partial charge is 0.311 e. The number of carbonyl (C=O) groups excluding carboxylic acids is 1. The van der Waals surface area contributed by atoms with E-state index in [1.165, 1.54) is 6.42 Å². The summed E-state index contributed by atoms with van der Waals surface area (Å²) in [5, 5.41) is -0.169. The van der Waals surface area contributed by atoms with Crippen LogP contribution < -0.4 is 0 Å². The molecule has 0 saturated carbocycles. The average Bonchev–Trinajstić information content (AvgIpc) is 2.17. The first kappa shape index (κ1) is 9.71. The van der Waals surface area contributed by atoms with Crippen LogP contribution in [0.4, 0.5) is 4.79 Å². The van der Waals surface area contributed by atoms with Crippen molar-refractivity contribution in [2.75, 3.05) is 18.8 Å². The number of hydrogen-bond donors (Lipinski definition) is 0. The minimum atomic E-state index is -1.28. The van der Waals surface area contributed by atoms with Crippen molar-refractivity contribution in [2.45, 2.75) is 26.2 Å². The number of piperidine rings is 1. The lowest BCUT2D eigenvalue weighted by atomic mass is 10.1. The minimum absolute atomic E-state index is 0.169. The Hall–Kier alpha value is -0.380. The molecule has 0 N–H and O–H groups in total. The zero-order chi connectivity index (χ0) is 8.97. The summed E-state index contributed by atoms with van der Waals surface area (Å²) in [5.74, 6) is 0.440. The fraction of sp³-hybridized carbons (Fsp3) is 0.875. The molecule has 0 aromatic heterocycles. The van der Waals surface area contributed by atoms with Crippen LogP contribution in [-0.2, 0) is 10.8 Å². The molecule has 0 aliphatic carbocycles. The lowest BCUT2D eigenvalue weighted by Crippen LogP contribution is -2.37. The van der Waals surface area contributed by atoms with Crippen molar-refractivity contribution in [1.29, 1.82) is 0 Å². The molecular formula is C8H15NO2S. The van der Waals surface area contributed by atoms with Crippen LogP contribution in [0.25, 0.3) is 0 Å². The van der Waals surface area contributed by atoms with E-state index in [9.17, 15) is 9.00 Å². The molecule has 0 aromatic rings. The van der Waals surface area contributed by atoms with Crippen molar-refractivity contribution in [1.82, 2.24) is 4.90 Å². The highest BCUT2D eigenvalue weighted by Crippen LogP contribution is 2.10. The van der Waals surface area contributed by atoms with E-state index in [0.29, 0.717) is 5.75 Å². The number of nitrogens with zero attached hydrogens (tertiary/aromatic N) is 1. The van der Waals surface area contributed by atoms with E-state index in [1.54, 1.807) is 11.8 Å². The van der Waals surface area contributed by atoms with Gasteiger partial charge in [0.2, 0.25) is 0 Å². The van der Waals surface area contributed by atoms with Gasteiger partial charge in [-0.15, -0.1) is 0 Å². The van der Waals surface area contributed by atoms with Crippen LogP contribution in [0, 0.1) is 0 Å². The topological polar surface area (TPSA) is 37.4 Å². The molecule has 1 saturated heterocycles. The van der Waals surface area contributed by atoms with Crippen molar-refractivity contribution in [2.24, 2.45) is 0 Å². The molecule has 0 bridgehead atoms. The SMILES string of the molecule is CCS(=O)C(=O)N1CCCCC1. The summed E-state index contributed by atoms with van der Waals surface area (Å²) in [4.78, 5) is 13.1. The van der Waals surface area contributed by atoms with Gasteiger partial charge >= 0.3 is 5.24 Å². The molecule has 1 aliphatic rings. The predicted octanol–water partition coefficient (Wildman–Crippen LogP) is 1.36. The van der Waals surface area contributed by atoms with Crippen LogP contribution in [0.3, 0.4) is 0 Å². The normalized spacial score (nSPS) is 20.6. The first-order chi connectivity index (χ1) is 5.75. The summed E-state index contributed by atoms with van der Waals surface area (Å²) < 4.78 is 11.1. The van der Waals surface area contributed by atoms with Crippen LogP contribution >= 0.6 is 0 Å². The Morgan fingerprint density at radius 2 is 1.92 bits per heavy atom. The van der Waals surface area contributed by atoms with Gasteiger partial charge in [-0.2, -0.15) is 0 Å². The van der Waals surface area contributed by atoms with Crippen LogP contribution in [0.1, 0.15) is 26.2 Å². The Bertz CT molecular complexity index is 187. The summed E-state index contributed by atoms with van der Waals surface area (Å²) in [7, 11) is -1.28. The third-order valence-corrected chi connectivity index (χ3v) is 3.24. The summed E-state index contributed by atoms with van der Waals surface area (Å²) in [5.41, 5.74) is 0. The lowest BCUT2D eigenvalue weighted by molar-refractivity contribution is 0.210. The molecule has 1 aliphatic heterocycles. The van der Waals surface area contributed by atoms with Gasteiger partial charge in [0.25, 0.3) is 0 Å². The molecule has 1 fully saturated rings. The van der Waals surface area contributed by atoms with Gasteiger partial charge in [-0.25, -0.2) is 4.21 Å². The highest BCUT2D eigenvalue weighted by Gasteiger charge is 2.20. The monoisotopic (exact) mass is 189 g/mol. The average molecular weight is 189 g/mol. The maximum atomic E-state index is 11.4. The molecule has 0 aromatic carbocycles. The molecule has 70 valence electrons. The van der Waals surface area contributed by atoms with Gasteiger partial charge in [0.05, 0.1) is 0 Å². The van der Waals surface area contributed by atoms with Gasteiger partial charge in [-0.05, 0) is 19.3 Å². The fourth-order valence-corrected chi connectivity index (χ4v) is 2.06. The number of likely N-dealkylation sites (tertiary alicyclic amines) is 1. The van der Waals surface area contributed by atoms with Gasteiger partial charge in [0.1, 0.15) is 10.8 Å². The Morgan fingerprint density at radius 3 is 2.42 bits per heavy atom. The van der Waals surface area contributed by atoms with Gasteiger partial charge in [0.15, 0.2) is 0 Å². The van der Waals surface area contributed by atoms with Crippen LogP contribution in [-0.4, -0.2) is 33.2 Å². The van der Waals surface area contributed by atoms with Gasteiger partial charge in [-0.3, -0.25) is 4.79 Å². The zero-order valence-corrected chi connectivity index (χ0v) is 8.23. The van der Waals surface area contributed by atoms with Crippen LogP contribution in [0.2, 0.25) is 0 Å². The van der Waals surface area contributed by atoms with E-state index < -0.39 is 10.8 Å². The summed E-state index contributed by atoms with van der Waals surface area (Å²) in [6, 6.07) is 0. The minimum Gasteiger partial charge on any atom is -0.332 e. The van der Waals surface area contributed by atoms with Crippen molar-refractivity contribution in [3.8, 4) is 0 Å². The Kier molecular flexibility index (Phi) is 3.72. The maximum Gasteiger partial charge on any atom is 0.311 e. The molecule has 12 heavy (non-hydrogen) atoms. The predicted molar refractivity (Wildman–Crippen MR) is 49.5 cm³/mol. The quantitative estimate of drug-likeness (QED) is 0.624. The van der Waals surface area contributed by atoms with E-state index in [2.05, 4.69) is 0 Å². The summed E-state index contributed by atoms with van der Waals surface area (Å²) in [6.45, 7) is 3.37. The molecule has 0 radical (unpaired) electrons. The molecule has 1 unspecified atom stereocenters. The first-order valence-corrected chi connectivity index (χ1v) is 5.75. The van der Waals surface area contributed by atoms with E-state index in [-0.39, 0.29) is 5.24 Å².